The van der Waals surface area contributed by atoms with Crippen LogP contribution in [-0.4, -0.2) is 92.9 Å². The maximum atomic E-state index is 13.0. The van der Waals surface area contributed by atoms with Crippen molar-refractivity contribution in [2.24, 2.45) is 0 Å². The number of benzene rings is 2. The minimum atomic E-state index is -3.52. The Balaban J connectivity index is 1.18. The lowest BCUT2D eigenvalue weighted by molar-refractivity contribution is -0.140. The van der Waals surface area contributed by atoms with Gasteiger partial charge in [0, 0.05) is 45.0 Å². The first kappa shape index (κ1) is 23.9. The molecule has 0 saturated carbocycles. The van der Waals surface area contributed by atoms with Crippen molar-refractivity contribution >= 4 is 27.5 Å². The highest BCUT2D eigenvalue weighted by molar-refractivity contribution is 7.89. The fourth-order valence-electron chi connectivity index (χ4n) is 4.94. The number of amides is 2. The zero-order chi connectivity index (χ0) is 24.4. The van der Waals surface area contributed by atoms with E-state index in [-0.39, 0.29) is 23.1 Å². The molecule has 9 nitrogen and oxygen atoms in total. The van der Waals surface area contributed by atoms with Crippen LogP contribution in [0.5, 0.6) is 0 Å². The van der Waals surface area contributed by atoms with Crippen LogP contribution in [0.2, 0.25) is 0 Å². The van der Waals surface area contributed by atoms with Gasteiger partial charge in [-0.05, 0) is 29.8 Å². The van der Waals surface area contributed by atoms with Crippen LogP contribution >= 0.6 is 0 Å². The van der Waals surface area contributed by atoms with Crippen molar-refractivity contribution < 1.29 is 22.7 Å². The van der Waals surface area contributed by atoms with Crippen LogP contribution in [0, 0.1) is 0 Å². The van der Waals surface area contributed by atoms with Crippen molar-refractivity contribution in [1.29, 1.82) is 0 Å². The van der Waals surface area contributed by atoms with Gasteiger partial charge in [-0.25, -0.2) is 8.42 Å². The maximum Gasteiger partial charge on any atom is 0.247 e. The lowest BCUT2D eigenvalue weighted by atomic mass is 10.1. The summed E-state index contributed by atoms with van der Waals surface area (Å²) in [7, 11) is -3.52. The van der Waals surface area contributed by atoms with Crippen LogP contribution in [0.3, 0.4) is 0 Å². The van der Waals surface area contributed by atoms with E-state index in [4.69, 9.17) is 4.74 Å². The summed E-state index contributed by atoms with van der Waals surface area (Å²) in [5.74, 6) is -0.242. The van der Waals surface area contributed by atoms with E-state index in [9.17, 15) is 18.0 Å². The fraction of sp³-hybridized carbons (Fsp3) is 0.440. The molecule has 186 valence electrons. The summed E-state index contributed by atoms with van der Waals surface area (Å²) in [6, 6.07) is 16.2. The van der Waals surface area contributed by atoms with Gasteiger partial charge in [-0.1, -0.05) is 30.3 Å². The van der Waals surface area contributed by atoms with Crippen molar-refractivity contribution in [1.82, 2.24) is 14.1 Å². The molecule has 2 aromatic carbocycles. The highest BCUT2D eigenvalue weighted by Gasteiger charge is 2.42. The Morgan fingerprint density at radius 1 is 0.829 bits per heavy atom. The first-order valence-corrected chi connectivity index (χ1v) is 13.4. The third kappa shape index (κ3) is 4.97. The van der Waals surface area contributed by atoms with Crippen LogP contribution in [0.1, 0.15) is 12.0 Å². The van der Waals surface area contributed by atoms with Gasteiger partial charge in [0.05, 0.1) is 37.1 Å². The van der Waals surface area contributed by atoms with Crippen LogP contribution in [0.15, 0.2) is 59.5 Å². The Morgan fingerprint density at radius 3 is 2.14 bits per heavy atom. The van der Waals surface area contributed by atoms with Gasteiger partial charge in [0.2, 0.25) is 21.8 Å². The number of hydrogen-bond donors (Lipinski definition) is 0. The second kappa shape index (κ2) is 10.1. The van der Waals surface area contributed by atoms with Crippen LogP contribution in [-0.2, 0) is 30.9 Å². The number of sulfonamides is 1. The van der Waals surface area contributed by atoms with E-state index in [1.165, 1.54) is 9.21 Å². The monoisotopic (exact) mass is 498 g/mol. The van der Waals surface area contributed by atoms with Crippen molar-refractivity contribution in [3.8, 4) is 0 Å². The molecule has 3 aliphatic heterocycles. The summed E-state index contributed by atoms with van der Waals surface area (Å²) in [6.45, 7) is 4.62. The van der Waals surface area contributed by atoms with E-state index in [0.29, 0.717) is 59.0 Å². The standard InChI is InChI=1S/C25H30N4O5S/c30-24-18-23(25(31)29(24)19-20-4-2-1-3-5-20)27-12-10-26(11-13-27)21-6-8-22(9-7-21)35(32,33)28-14-16-34-17-15-28/h1-9,23H,10-19H2. The molecule has 35 heavy (non-hydrogen) atoms. The number of carbonyl (C=O) groups excluding carboxylic acids is 2. The summed E-state index contributed by atoms with van der Waals surface area (Å²) in [5, 5.41) is 0. The molecule has 0 N–H and O–H groups in total. The minimum Gasteiger partial charge on any atom is -0.379 e. The summed E-state index contributed by atoms with van der Waals surface area (Å²) in [6.07, 6.45) is 0.222. The molecule has 2 aromatic rings. The Hall–Kier alpha value is -2.79. The van der Waals surface area contributed by atoms with Crippen molar-refractivity contribution in [2.45, 2.75) is 23.9 Å². The molecule has 3 aliphatic rings. The summed E-state index contributed by atoms with van der Waals surface area (Å²) in [5.41, 5.74) is 1.89. The third-order valence-corrected chi connectivity index (χ3v) is 8.88. The smallest absolute Gasteiger partial charge is 0.247 e. The average Bonchev–Trinajstić information content (AvgIpc) is 3.18. The molecule has 3 heterocycles. The molecule has 3 fully saturated rings. The number of carbonyl (C=O) groups is 2. The molecule has 5 rings (SSSR count). The van der Waals surface area contributed by atoms with Gasteiger partial charge in [-0.3, -0.25) is 19.4 Å². The third-order valence-electron chi connectivity index (χ3n) is 6.97. The molecule has 0 aliphatic carbocycles. The molecule has 0 radical (unpaired) electrons. The predicted octanol–water partition coefficient (Wildman–Crippen LogP) is 1.16. The van der Waals surface area contributed by atoms with E-state index in [1.807, 2.05) is 42.5 Å². The van der Waals surface area contributed by atoms with E-state index in [1.54, 1.807) is 12.1 Å². The molecular weight excluding hydrogens is 468 g/mol. The molecule has 1 unspecified atom stereocenters. The maximum absolute atomic E-state index is 13.0. The fourth-order valence-corrected chi connectivity index (χ4v) is 6.35. The Labute approximate surface area is 205 Å². The SMILES string of the molecule is O=C1CC(N2CCN(c3ccc(S(=O)(=O)N4CCOCC4)cc3)CC2)C(=O)N1Cc1ccccc1. The number of nitrogens with zero attached hydrogens (tertiary/aromatic N) is 4. The van der Waals surface area contributed by atoms with Gasteiger partial charge >= 0.3 is 0 Å². The molecular formula is C25H30N4O5S. The average molecular weight is 499 g/mol. The molecule has 10 heteroatoms. The first-order valence-electron chi connectivity index (χ1n) is 12.0. The van der Waals surface area contributed by atoms with Gasteiger partial charge < -0.3 is 9.64 Å². The minimum absolute atomic E-state index is 0.120. The first-order chi connectivity index (χ1) is 16.9. The number of imide groups is 1. The van der Waals surface area contributed by atoms with E-state index < -0.39 is 16.1 Å². The van der Waals surface area contributed by atoms with Gasteiger partial charge in [0.25, 0.3) is 0 Å². The van der Waals surface area contributed by atoms with Gasteiger partial charge in [0.15, 0.2) is 0 Å². The lowest BCUT2D eigenvalue weighted by Gasteiger charge is -2.38. The zero-order valence-corrected chi connectivity index (χ0v) is 20.4. The Morgan fingerprint density at radius 2 is 1.49 bits per heavy atom. The van der Waals surface area contributed by atoms with Crippen LogP contribution in [0.25, 0.3) is 0 Å². The van der Waals surface area contributed by atoms with Gasteiger partial charge in [-0.2, -0.15) is 4.31 Å². The molecule has 2 amide bonds. The van der Waals surface area contributed by atoms with Crippen LogP contribution in [0.4, 0.5) is 5.69 Å². The number of hydrogen-bond acceptors (Lipinski definition) is 7. The molecule has 0 aromatic heterocycles. The van der Waals surface area contributed by atoms with E-state index >= 15 is 0 Å². The molecule has 0 spiro atoms. The zero-order valence-electron chi connectivity index (χ0n) is 19.6. The van der Waals surface area contributed by atoms with Gasteiger partial charge in [0.1, 0.15) is 0 Å². The quantitative estimate of drug-likeness (QED) is 0.552. The van der Waals surface area contributed by atoms with Gasteiger partial charge in [-0.15, -0.1) is 0 Å². The number of anilines is 1. The molecule has 0 bridgehead atoms. The van der Waals surface area contributed by atoms with Crippen molar-refractivity contribution in [2.75, 3.05) is 57.4 Å². The highest BCUT2D eigenvalue weighted by Crippen LogP contribution is 2.25. The van der Waals surface area contributed by atoms with E-state index in [0.717, 1.165) is 11.3 Å². The molecule has 1 atom stereocenters. The number of morpholine rings is 1. The predicted molar refractivity (Wildman–Crippen MR) is 130 cm³/mol. The Kier molecular flexibility index (Phi) is 6.88. The Bertz CT molecular complexity index is 1160. The van der Waals surface area contributed by atoms with Crippen molar-refractivity contribution in [3.63, 3.8) is 0 Å². The second-order valence-corrected chi connectivity index (χ2v) is 11.0. The van der Waals surface area contributed by atoms with Crippen molar-refractivity contribution in [3.05, 3.63) is 60.2 Å². The number of likely N-dealkylation sites (tertiary alicyclic amines) is 1. The lowest BCUT2D eigenvalue weighted by Crippen LogP contribution is -2.52. The normalized spacial score (nSPS) is 22.7. The largest absolute Gasteiger partial charge is 0.379 e. The molecule has 3 saturated heterocycles. The number of rotatable bonds is 6. The summed E-state index contributed by atoms with van der Waals surface area (Å²) < 4.78 is 32.4. The van der Waals surface area contributed by atoms with E-state index in [2.05, 4.69) is 9.80 Å². The second-order valence-electron chi connectivity index (χ2n) is 9.06. The topological polar surface area (TPSA) is 90.5 Å². The summed E-state index contributed by atoms with van der Waals surface area (Å²) >= 11 is 0. The summed E-state index contributed by atoms with van der Waals surface area (Å²) in [4.78, 5) is 31.5. The highest BCUT2D eigenvalue weighted by atomic mass is 32.2. The van der Waals surface area contributed by atoms with Crippen LogP contribution < -0.4 is 4.90 Å². The number of piperazine rings is 1. The number of ether oxygens (including phenoxy) is 1.